The molecule has 3 rings (SSSR count). The fraction of sp³-hybridized carbons (Fsp3) is 0.421. The number of likely N-dealkylation sites (tertiary alicyclic amines) is 1. The van der Waals surface area contributed by atoms with Crippen molar-refractivity contribution in [2.45, 2.75) is 25.7 Å². The Morgan fingerprint density at radius 2 is 2.19 bits per heavy atom. The minimum absolute atomic E-state index is 0.0362. The minimum atomic E-state index is -0.201. The highest BCUT2D eigenvalue weighted by molar-refractivity contribution is 5.83. The van der Waals surface area contributed by atoms with E-state index < -0.39 is 0 Å². The molecule has 142 valence electrons. The second kappa shape index (κ2) is 8.57. The Bertz CT molecular complexity index is 811. The van der Waals surface area contributed by atoms with Crippen LogP contribution in [0.2, 0.25) is 0 Å². The van der Waals surface area contributed by atoms with Crippen molar-refractivity contribution in [3.63, 3.8) is 0 Å². The molecule has 0 aliphatic carbocycles. The molecule has 2 N–H and O–H groups in total. The molecule has 0 spiro atoms. The van der Waals surface area contributed by atoms with Crippen molar-refractivity contribution in [3.8, 4) is 11.4 Å². The molecule has 3 heterocycles. The van der Waals surface area contributed by atoms with Crippen molar-refractivity contribution >= 4 is 17.6 Å². The summed E-state index contributed by atoms with van der Waals surface area (Å²) in [4.78, 5) is 38.6. The van der Waals surface area contributed by atoms with Gasteiger partial charge in [0.1, 0.15) is 5.82 Å². The van der Waals surface area contributed by atoms with Gasteiger partial charge < -0.3 is 15.5 Å². The average molecular weight is 368 g/mol. The highest BCUT2D eigenvalue weighted by Crippen LogP contribution is 2.28. The van der Waals surface area contributed by atoms with E-state index in [1.165, 1.54) is 6.92 Å². The van der Waals surface area contributed by atoms with E-state index >= 15 is 0 Å². The lowest BCUT2D eigenvalue weighted by Gasteiger charge is -2.32. The molecule has 0 radical (unpaired) electrons. The van der Waals surface area contributed by atoms with E-state index in [-0.39, 0.29) is 24.3 Å². The standard InChI is InChI=1S/C19H24N6O2/c1-13(26)22-11-18(27)25-8-4-6-15(12-25)16-9-17(20-2)24-19(23-16)14-5-3-7-21-10-14/h3,5,7,9-10,15H,4,6,8,11-12H2,1-2H3,(H,22,26)(H,20,23,24). The monoisotopic (exact) mass is 368 g/mol. The zero-order valence-electron chi connectivity index (χ0n) is 15.6. The summed E-state index contributed by atoms with van der Waals surface area (Å²) < 4.78 is 0. The molecular weight excluding hydrogens is 344 g/mol. The van der Waals surface area contributed by atoms with E-state index in [2.05, 4.69) is 20.6 Å². The van der Waals surface area contributed by atoms with Crippen molar-refractivity contribution in [2.24, 2.45) is 0 Å². The molecule has 0 bridgehead atoms. The normalized spacial score (nSPS) is 16.7. The summed E-state index contributed by atoms with van der Waals surface area (Å²) in [5, 5.41) is 5.66. The molecule has 8 nitrogen and oxygen atoms in total. The van der Waals surface area contributed by atoms with Crippen LogP contribution >= 0.6 is 0 Å². The first-order valence-corrected chi connectivity index (χ1v) is 9.06. The predicted molar refractivity (Wildman–Crippen MR) is 102 cm³/mol. The third kappa shape index (κ3) is 4.78. The lowest BCUT2D eigenvalue weighted by atomic mass is 9.94. The molecule has 2 aromatic heterocycles. The van der Waals surface area contributed by atoms with Gasteiger partial charge in [0.15, 0.2) is 5.82 Å². The van der Waals surface area contributed by atoms with Gasteiger partial charge in [-0.05, 0) is 25.0 Å². The number of aromatic nitrogens is 3. The van der Waals surface area contributed by atoms with Gasteiger partial charge in [-0.15, -0.1) is 0 Å². The minimum Gasteiger partial charge on any atom is -0.373 e. The number of rotatable bonds is 5. The van der Waals surface area contributed by atoms with Gasteiger partial charge in [0.25, 0.3) is 0 Å². The zero-order chi connectivity index (χ0) is 19.2. The SMILES string of the molecule is CNc1cc(C2CCCN(C(=O)CNC(C)=O)C2)nc(-c2cccnc2)n1. The number of pyridine rings is 1. The first-order valence-electron chi connectivity index (χ1n) is 9.06. The van der Waals surface area contributed by atoms with Crippen molar-refractivity contribution < 1.29 is 9.59 Å². The summed E-state index contributed by atoms with van der Waals surface area (Å²) in [6.45, 7) is 2.74. The van der Waals surface area contributed by atoms with Crippen LogP contribution in [0, 0.1) is 0 Å². The predicted octanol–water partition coefficient (Wildman–Crippen LogP) is 1.42. The topological polar surface area (TPSA) is 100 Å². The lowest BCUT2D eigenvalue weighted by molar-refractivity contribution is -0.133. The summed E-state index contributed by atoms with van der Waals surface area (Å²) in [7, 11) is 1.82. The zero-order valence-corrected chi connectivity index (χ0v) is 15.6. The Morgan fingerprint density at radius 3 is 2.89 bits per heavy atom. The van der Waals surface area contributed by atoms with Crippen LogP contribution in [0.25, 0.3) is 11.4 Å². The van der Waals surface area contributed by atoms with Crippen LogP contribution in [0.4, 0.5) is 5.82 Å². The van der Waals surface area contributed by atoms with Gasteiger partial charge in [-0.1, -0.05) is 0 Å². The summed E-state index contributed by atoms with van der Waals surface area (Å²) in [5.74, 6) is 1.22. The summed E-state index contributed by atoms with van der Waals surface area (Å²) in [5.41, 5.74) is 1.76. The summed E-state index contributed by atoms with van der Waals surface area (Å²) >= 11 is 0. The molecule has 2 aromatic rings. The van der Waals surface area contributed by atoms with Crippen LogP contribution in [-0.2, 0) is 9.59 Å². The maximum absolute atomic E-state index is 12.3. The number of hydrogen-bond acceptors (Lipinski definition) is 6. The van der Waals surface area contributed by atoms with E-state index in [1.54, 1.807) is 17.3 Å². The fourth-order valence-corrected chi connectivity index (χ4v) is 3.18. The van der Waals surface area contributed by atoms with E-state index in [4.69, 9.17) is 4.98 Å². The molecule has 1 aliphatic rings. The van der Waals surface area contributed by atoms with Crippen molar-refractivity contribution in [1.29, 1.82) is 0 Å². The number of nitrogens with zero attached hydrogens (tertiary/aromatic N) is 4. The molecule has 2 amide bonds. The van der Waals surface area contributed by atoms with Crippen molar-refractivity contribution in [3.05, 3.63) is 36.3 Å². The van der Waals surface area contributed by atoms with E-state index in [0.717, 1.165) is 29.9 Å². The van der Waals surface area contributed by atoms with E-state index in [9.17, 15) is 9.59 Å². The molecule has 8 heteroatoms. The van der Waals surface area contributed by atoms with Crippen LogP contribution in [-0.4, -0.2) is 58.3 Å². The Kier molecular flexibility index (Phi) is 5.95. The fourth-order valence-electron chi connectivity index (χ4n) is 3.18. The third-order valence-corrected chi connectivity index (χ3v) is 4.60. The van der Waals surface area contributed by atoms with Gasteiger partial charge in [0.05, 0.1) is 12.2 Å². The van der Waals surface area contributed by atoms with Gasteiger partial charge in [-0.3, -0.25) is 14.6 Å². The van der Waals surface area contributed by atoms with Crippen molar-refractivity contribution in [2.75, 3.05) is 32.0 Å². The molecule has 1 unspecified atom stereocenters. The Hall–Kier alpha value is -3.03. The maximum Gasteiger partial charge on any atom is 0.241 e. The Morgan fingerprint density at radius 1 is 1.33 bits per heavy atom. The van der Waals surface area contributed by atoms with Gasteiger partial charge in [0.2, 0.25) is 11.8 Å². The van der Waals surface area contributed by atoms with Crippen molar-refractivity contribution in [1.82, 2.24) is 25.2 Å². The van der Waals surface area contributed by atoms with Gasteiger partial charge in [-0.2, -0.15) is 0 Å². The first-order chi connectivity index (χ1) is 13.1. The molecule has 1 saturated heterocycles. The molecule has 1 aliphatic heterocycles. The van der Waals surface area contributed by atoms with Crippen LogP contribution in [0.15, 0.2) is 30.6 Å². The molecule has 1 fully saturated rings. The number of carbonyl (C=O) groups is 2. The van der Waals surface area contributed by atoms with Gasteiger partial charge >= 0.3 is 0 Å². The smallest absolute Gasteiger partial charge is 0.241 e. The lowest BCUT2D eigenvalue weighted by Crippen LogP contribution is -2.44. The number of hydrogen-bond donors (Lipinski definition) is 2. The van der Waals surface area contributed by atoms with E-state index in [1.807, 2.05) is 25.2 Å². The largest absolute Gasteiger partial charge is 0.373 e. The van der Waals surface area contributed by atoms with Gasteiger partial charge in [-0.25, -0.2) is 9.97 Å². The number of anilines is 1. The van der Waals surface area contributed by atoms with Gasteiger partial charge in [0, 0.05) is 57.0 Å². The van der Waals surface area contributed by atoms with Crippen LogP contribution in [0.1, 0.15) is 31.4 Å². The van der Waals surface area contributed by atoms with E-state index in [0.29, 0.717) is 18.9 Å². The number of nitrogens with one attached hydrogen (secondary N) is 2. The number of piperidine rings is 1. The highest BCUT2D eigenvalue weighted by atomic mass is 16.2. The third-order valence-electron chi connectivity index (χ3n) is 4.60. The molecule has 27 heavy (non-hydrogen) atoms. The molecule has 1 atom stereocenters. The molecule has 0 saturated carbocycles. The average Bonchev–Trinajstić information content (AvgIpc) is 2.72. The summed E-state index contributed by atoms with van der Waals surface area (Å²) in [6, 6.07) is 5.72. The second-order valence-electron chi connectivity index (χ2n) is 6.58. The summed E-state index contributed by atoms with van der Waals surface area (Å²) in [6.07, 6.45) is 5.31. The first kappa shape index (κ1) is 18.8. The maximum atomic E-state index is 12.3. The Balaban J connectivity index is 1.80. The molecule has 0 aromatic carbocycles. The second-order valence-corrected chi connectivity index (χ2v) is 6.58. The quantitative estimate of drug-likeness (QED) is 0.828. The number of carbonyl (C=O) groups excluding carboxylic acids is 2. The number of amides is 2. The van der Waals surface area contributed by atoms with Crippen LogP contribution < -0.4 is 10.6 Å². The van der Waals surface area contributed by atoms with Crippen LogP contribution in [0.3, 0.4) is 0 Å². The Labute approximate surface area is 158 Å². The highest BCUT2D eigenvalue weighted by Gasteiger charge is 2.26. The van der Waals surface area contributed by atoms with Crippen LogP contribution in [0.5, 0.6) is 0 Å². The molecular formula is C19H24N6O2.